The third-order valence-electron chi connectivity index (χ3n) is 3.17. The number of alkyl halides is 3. The Morgan fingerprint density at radius 1 is 1.13 bits per heavy atom. The second kappa shape index (κ2) is 8.43. The highest BCUT2D eigenvalue weighted by Gasteiger charge is 2.48. The highest BCUT2D eigenvalue weighted by molar-refractivity contribution is 7.38. The zero-order chi connectivity index (χ0) is 17.8. The number of halogens is 4. The Morgan fingerprint density at radius 2 is 1.70 bits per heavy atom. The molecule has 0 saturated heterocycles. The number of rotatable bonds is 3. The van der Waals surface area contributed by atoms with E-state index in [0.717, 1.165) is 23.8 Å². The van der Waals surface area contributed by atoms with Crippen LogP contribution in [0, 0.1) is 14.8 Å². The second-order valence-electron chi connectivity index (χ2n) is 5.26. The van der Waals surface area contributed by atoms with Gasteiger partial charge < -0.3 is 12.6 Å². The molecule has 23 heavy (non-hydrogen) atoms. The van der Waals surface area contributed by atoms with Crippen molar-refractivity contribution in [1.82, 2.24) is 0 Å². The molecule has 3 nitrogen and oxygen atoms in total. The molecule has 8 heteroatoms. The minimum atomic E-state index is -4.17. The zero-order valence-corrected chi connectivity index (χ0v) is 15.3. The molecule has 1 aromatic heterocycles. The van der Waals surface area contributed by atoms with Crippen LogP contribution < -0.4 is 12.6 Å². The van der Waals surface area contributed by atoms with E-state index in [2.05, 4.69) is 0 Å². The third-order valence-corrected chi connectivity index (χ3v) is 5.49. The summed E-state index contributed by atoms with van der Waals surface area (Å²) in [5, 5.41) is 0.740. The van der Waals surface area contributed by atoms with Gasteiger partial charge in [0.2, 0.25) is 14.8 Å². The number of aryl methyl sites for hydroxylation is 1. The molecule has 0 saturated carbocycles. The molecule has 0 bridgehead atoms. The van der Waals surface area contributed by atoms with Gasteiger partial charge in [-0.25, -0.2) is 0 Å². The van der Waals surface area contributed by atoms with Crippen molar-refractivity contribution in [2.45, 2.75) is 45.0 Å². The fraction of sp³-hybridized carbons (Fsp3) is 0.467. The number of benzene rings is 1. The van der Waals surface area contributed by atoms with Crippen LogP contribution in [-0.2, 0) is 11.9 Å². The summed E-state index contributed by atoms with van der Waals surface area (Å²) in [6.45, 7) is 5.70. The number of thiophene rings is 1. The van der Waals surface area contributed by atoms with Gasteiger partial charge >= 0.3 is 5.51 Å². The van der Waals surface area contributed by atoms with Gasteiger partial charge in [-0.05, 0) is 18.1 Å². The van der Waals surface area contributed by atoms with Crippen molar-refractivity contribution in [3.8, 4) is 0 Å². The molecule has 1 heterocycles. The average molecular weight is 415 g/mol. The van der Waals surface area contributed by atoms with E-state index < -0.39 is 30.8 Å². The van der Waals surface area contributed by atoms with Crippen molar-refractivity contribution < 1.29 is 40.6 Å². The van der Waals surface area contributed by atoms with E-state index in [9.17, 15) is 13.2 Å². The quantitative estimate of drug-likeness (QED) is 0.724. The van der Waals surface area contributed by atoms with Crippen LogP contribution in [0.3, 0.4) is 0 Å². The van der Waals surface area contributed by atoms with Crippen molar-refractivity contribution in [3.63, 3.8) is 0 Å². The molecule has 0 amide bonds. The highest BCUT2D eigenvalue weighted by atomic mass is 80.0. The minimum absolute atomic E-state index is 0.0769. The largest absolute Gasteiger partial charge is 0.600 e. The summed E-state index contributed by atoms with van der Waals surface area (Å²) < 4.78 is 66.0. The van der Waals surface area contributed by atoms with E-state index in [1.165, 1.54) is 0 Å². The van der Waals surface area contributed by atoms with Gasteiger partial charge in [0.25, 0.3) is 0 Å². The molecule has 130 valence electrons. The lowest BCUT2D eigenvalue weighted by Gasteiger charge is -2.03. The molecule has 2 rings (SSSR count). The normalized spacial score (nSPS) is 12.7. The maximum absolute atomic E-state index is 13.3. The molecule has 2 aromatic rings. The van der Waals surface area contributed by atoms with Gasteiger partial charge in [0.1, 0.15) is 0 Å². The van der Waals surface area contributed by atoms with Crippen molar-refractivity contribution in [2.75, 3.05) is 0 Å². The lowest BCUT2D eigenvalue weighted by atomic mass is 10.1. The first-order chi connectivity index (χ1) is 10.6. The molecule has 1 unspecified atom stereocenters. The summed E-state index contributed by atoms with van der Waals surface area (Å²) in [5.41, 5.74) is -3.17. The molecule has 0 aliphatic rings. The zero-order valence-electron chi connectivity index (χ0n) is 12.9. The summed E-state index contributed by atoms with van der Waals surface area (Å²) in [5.74, 6) is -0.0769. The van der Waals surface area contributed by atoms with E-state index in [1.807, 2.05) is 32.9 Å². The van der Waals surface area contributed by atoms with Crippen LogP contribution >= 0.6 is 10.5 Å². The molecule has 0 spiro atoms. The van der Waals surface area contributed by atoms with Crippen LogP contribution in [0.25, 0.3) is 10.1 Å². The Labute approximate surface area is 141 Å². The van der Waals surface area contributed by atoms with E-state index in [0.29, 0.717) is 9.58 Å². The molecule has 0 fully saturated rings. The van der Waals surface area contributed by atoms with Crippen molar-refractivity contribution in [3.05, 3.63) is 34.7 Å². The van der Waals surface area contributed by atoms with Crippen molar-refractivity contribution in [2.24, 2.45) is 0 Å². The first-order valence-corrected chi connectivity index (χ1v) is 10.1. The SMILES string of the molecule is CCCc1ccc2cc(C(C)C)[s+](C(F)(F)F)c2c1.[O-][Br+2]([O-])[O-]. The Bertz CT molecular complexity index is 636. The van der Waals surface area contributed by atoms with Gasteiger partial charge in [0, 0.05) is 23.4 Å². The second-order valence-corrected chi connectivity index (χ2v) is 8.04. The summed E-state index contributed by atoms with van der Waals surface area (Å²) in [7, 11) is -1.74. The first kappa shape index (κ1) is 20.4. The van der Waals surface area contributed by atoms with Crippen LogP contribution in [0.5, 0.6) is 0 Å². The van der Waals surface area contributed by atoms with Gasteiger partial charge in [-0.1, -0.05) is 33.3 Å². The first-order valence-electron chi connectivity index (χ1n) is 6.96. The van der Waals surface area contributed by atoms with Crippen LogP contribution in [-0.4, -0.2) is 0 Å². The van der Waals surface area contributed by atoms with Crippen LogP contribution in [0.15, 0.2) is 24.3 Å². The van der Waals surface area contributed by atoms with Gasteiger partial charge in [-0.2, -0.15) is 0 Å². The Hall–Kier alpha value is -0.670. The van der Waals surface area contributed by atoms with Crippen LogP contribution in [0.4, 0.5) is 13.2 Å². The van der Waals surface area contributed by atoms with Gasteiger partial charge in [-0.3, -0.25) is 0 Å². The van der Waals surface area contributed by atoms with E-state index in [-0.39, 0.29) is 5.92 Å². The summed E-state index contributed by atoms with van der Waals surface area (Å²) in [4.78, 5) is 0.510. The molecule has 0 aliphatic carbocycles. The summed E-state index contributed by atoms with van der Waals surface area (Å²) in [6, 6.07) is 7.26. The molecular formula is C15H18BrF3O3S. The van der Waals surface area contributed by atoms with E-state index in [1.54, 1.807) is 12.1 Å². The van der Waals surface area contributed by atoms with E-state index in [4.69, 9.17) is 12.6 Å². The predicted octanol–water partition coefficient (Wildman–Crippen LogP) is 2.57. The molecule has 0 radical (unpaired) electrons. The van der Waals surface area contributed by atoms with Gasteiger partial charge in [0.15, 0.2) is 9.58 Å². The summed E-state index contributed by atoms with van der Waals surface area (Å²) >= 11 is -3.65. The smallest absolute Gasteiger partial charge is 0.405 e. The maximum atomic E-state index is 13.3. The molecule has 0 N–H and O–H groups in total. The monoisotopic (exact) mass is 414 g/mol. The standard InChI is InChI=1S/C15H18F3S.BrO3/c1-4-5-11-6-7-12-9-13(10(2)3)19(14(12)8-11)15(16,17)18;2-1(3)4/h6-10H,4-5H2,1-3H3;/q+1;-1. The molecule has 1 aromatic carbocycles. The molecule has 0 aliphatic heterocycles. The lowest BCUT2D eigenvalue weighted by Crippen LogP contribution is -2.42. The van der Waals surface area contributed by atoms with Crippen LogP contribution in [0.2, 0.25) is 0 Å². The fourth-order valence-corrected chi connectivity index (χ4v) is 4.44. The topological polar surface area (TPSA) is 69.2 Å². The minimum Gasteiger partial charge on any atom is -0.405 e. The summed E-state index contributed by atoms with van der Waals surface area (Å²) in [6.07, 6.45) is 1.78. The van der Waals surface area contributed by atoms with Gasteiger partial charge in [0.05, 0.1) is 10.5 Å². The van der Waals surface area contributed by atoms with Crippen molar-refractivity contribution in [1.29, 1.82) is 0 Å². The Kier molecular flexibility index (Phi) is 7.47. The predicted molar refractivity (Wildman–Crippen MR) is 75.8 cm³/mol. The number of hydrogen-bond donors (Lipinski definition) is 0. The lowest BCUT2D eigenvalue weighted by molar-refractivity contribution is -1.73. The Morgan fingerprint density at radius 3 is 2.13 bits per heavy atom. The molecular weight excluding hydrogens is 397 g/mol. The number of fused-ring (bicyclic) bond motifs is 1. The van der Waals surface area contributed by atoms with Crippen LogP contribution in [0.1, 0.15) is 43.6 Å². The van der Waals surface area contributed by atoms with Gasteiger partial charge in [-0.15, -0.1) is 13.2 Å². The average Bonchev–Trinajstić information content (AvgIpc) is 2.77. The molecule has 1 atom stereocenters. The maximum Gasteiger partial charge on any atom is 0.600 e. The number of hydrogen-bond acceptors (Lipinski definition) is 3. The highest BCUT2D eigenvalue weighted by Crippen LogP contribution is 2.53. The van der Waals surface area contributed by atoms with Crippen molar-refractivity contribution >= 4 is 20.6 Å². The third kappa shape index (κ3) is 5.72. The van der Waals surface area contributed by atoms with E-state index >= 15 is 0 Å². The fourth-order valence-electron chi connectivity index (χ4n) is 2.32. The Balaban J connectivity index is 0.000000593.